The molecule has 6 nitrogen and oxygen atoms in total. The lowest BCUT2D eigenvalue weighted by molar-refractivity contribution is -0.170. The van der Waals surface area contributed by atoms with E-state index >= 15 is 4.39 Å². The maximum absolute atomic E-state index is 16.0. The van der Waals surface area contributed by atoms with Gasteiger partial charge in [0, 0.05) is 28.1 Å². The zero-order valence-corrected chi connectivity index (χ0v) is 19.6. The normalized spacial score (nSPS) is 21.1. The molecule has 1 saturated heterocycles. The molecule has 34 heavy (non-hydrogen) atoms. The van der Waals surface area contributed by atoms with Crippen LogP contribution in [0.4, 0.5) is 8.78 Å². The van der Waals surface area contributed by atoms with Crippen LogP contribution in [0.3, 0.4) is 0 Å². The van der Waals surface area contributed by atoms with Gasteiger partial charge in [0.25, 0.3) is 0 Å². The van der Waals surface area contributed by atoms with Crippen LogP contribution in [0.5, 0.6) is 0 Å². The molecule has 1 aliphatic heterocycles. The van der Waals surface area contributed by atoms with Gasteiger partial charge in [0.2, 0.25) is 0 Å². The second-order valence-corrected chi connectivity index (χ2v) is 9.72. The number of nitrogens with one attached hydrogen (secondary N) is 1. The van der Waals surface area contributed by atoms with Crippen molar-refractivity contribution in [3.05, 3.63) is 58.9 Å². The molecule has 0 saturated carbocycles. The number of aromatic nitrogens is 3. The molecule has 5 rings (SSSR count). The Balaban J connectivity index is 1.82. The number of carboxylic acids is 1. The average molecular weight is 468 g/mol. The van der Waals surface area contributed by atoms with E-state index in [1.807, 2.05) is 24.5 Å². The second-order valence-electron chi connectivity index (χ2n) is 9.72. The average Bonchev–Trinajstić information content (AvgIpc) is 3.39. The lowest BCUT2D eigenvalue weighted by Crippen LogP contribution is -2.43. The van der Waals surface area contributed by atoms with Crippen molar-refractivity contribution in [3.8, 4) is 5.69 Å². The van der Waals surface area contributed by atoms with E-state index in [0.717, 1.165) is 16.9 Å². The van der Waals surface area contributed by atoms with Gasteiger partial charge in [-0.3, -0.25) is 5.10 Å². The minimum absolute atomic E-state index is 0.0106. The lowest BCUT2D eigenvalue weighted by Gasteiger charge is -2.35. The van der Waals surface area contributed by atoms with E-state index in [1.165, 1.54) is 6.07 Å². The number of fused-ring (bicyclic) bond motifs is 2. The highest BCUT2D eigenvalue weighted by molar-refractivity contribution is 6.00. The van der Waals surface area contributed by atoms with Gasteiger partial charge in [-0.1, -0.05) is 13.8 Å². The van der Waals surface area contributed by atoms with Crippen molar-refractivity contribution in [2.24, 2.45) is 0 Å². The SMILES string of the molecule is Cc1cc(-n2c(C(C)C)c(C3CC[C@](C)(C(=O)O)OC3)c3c(F)c4[nH]ncc4cc32)ccc1F. The summed E-state index contributed by atoms with van der Waals surface area (Å²) >= 11 is 0. The number of halogens is 2. The van der Waals surface area contributed by atoms with E-state index in [4.69, 9.17) is 4.74 Å². The van der Waals surface area contributed by atoms with Crippen LogP contribution in [0.2, 0.25) is 0 Å². The number of hydrogen-bond donors (Lipinski definition) is 2. The molecule has 0 radical (unpaired) electrons. The van der Waals surface area contributed by atoms with Crippen LogP contribution in [0, 0.1) is 18.6 Å². The highest BCUT2D eigenvalue weighted by atomic mass is 19.1. The molecule has 3 heterocycles. The Hall–Kier alpha value is -3.26. The lowest BCUT2D eigenvalue weighted by atomic mass is 9.83. The number of aliphatic carboxylic acids is 1. The molecule has 1 unspecified atom stereocenters. The number of carboxylic acid groups (broad SMARTS) is 1. The number of hydrogen-bond acceptors (Lipinski definition) is 3. The summed E-state index contributed by atoms with van der Waals surface area (Å²) in [6, 6.07) is 6.79. The molecule has 8 heteroatoms. The molecule has 0 amide bonds. The van der Waals surface area contributed by atoms with E-state index in [0.29, 0.717) is 40.2 Å². The number of rotatable bonds is 4. The number of aromatic amines is 1. The van der Waals surface area contributed by atoms with Crippen molar-refractivity contribution in [2.75, 3.05) is 6.61 Å². The van der Waals surface area contributed by atoms with E-state index in [9.17, 15) is 14.3 Å². The van der Waals surface area contributed by atoms with Gasteiger partial charge in [-0.15, -0.1) is 0 Å². The maximum atomic E-state index is 16.0. The zero-order chi connectivity index (χ0) is 24.4. The number of benzene rings is 2. The molecule has 1 fully saturated rings. The van der Waals surface area contributed by atoms with Crippen molar-refractivity contribution in [1.29, 1.82) is 0 Å². The minimum atomic E-state index is -1.25. The molecule has 178 valence electrons. The van der Waals surface area contributed by atoms with Gasteiger partial charge >= 0.3 is 5.97 Å². The molecule has 2 aromatic carbocycles. The third-order valence-corrected chi connectivity index (χ3v) is 7.06. The Morgan fingerprint density at radius 2 is 2.09 bits per heavy atom. The van der Waals surface area contributed by atoms with Gasteiger partial charge < -0.3 is 14.4 Å². The fraction of sp³-hybridized carbons (Fsp3) is 0.385. The first-order valence-corrected chi connectivity index (χ1v) is 11.5. The van der Waals surface area contributed by atoms with Crippen LogP contribution in [0.1, 0.15) is 62.3 Å². The van der Waals surface area contributed by atoms with Crippen LogP contribution < -0.4 is 0 Å². The van der Waals surface area contributed by atoms with Crippen molar-refractivity contribution in [1.82, 2.24) is 14.8 Å². The molecule has 2 aromatic heterocycles. The number of nitrogens with zero attached hydrogens (tertiary/aromatic N) is 2. The summed E-state index contributed by atoms with van der Waals surface area (Å²) in [4.78, 5) is 11.7. The summed E-state index contributed by atoms with van der Waals surface area (Å²) in [5.74, 6) is -1.87. The van der Waals surface area contributed by atoms with Crippen LogP contribution >= 0.6 is 0 Å². The van der Waals surface area contributed by atoms with Gasteiger partial charge in [0.1, 0.15) is 11.3 Å². The summed E-state index contributed by atoms with van der Waals surface area (Å²) < 4.78 is 38.0. The third-order valence-electron chi connectivity index (χ3n) is 7.06. The fourth-order valence-corrected chi connectivity index (χ4v) is 5.16. The molecular weight excluding hydrogens is 440 g/mol. The van der Waals surface area contributed by atoms with Gasteiger partial charge in [-0.05, 0) is 68.0 Å². The van der Waals surface area contributed by atoms with Crippen LogP contribution in [0.15, 0.2) is 30.5 Å². The predicted octanol–water partition coefficient (Wildman–Crippen LogP) is 5.95. The van der Waals surface area contributed by atoms with Gasteiger partial charge in [-0.25, -0.2) is 13.6 Å². The molecule has 1 aliphatic rings. The Morgan fingerprint density at radius 3 is 2.71 bits per heavy atom. The predicted molar refractivity (Wildman–Crippen MR) is 126 cm³/mol. The van der Waals surface area contributed by atoms with Crippen molar-refractivity contribution in [3.63, 3.8) is 0 Å². The molecular formula is C26H27F2N3O3. The van der Waals surface area contributed by atoms with Gasteiger partial charge in [-0.2, -0.15) is 5.10 Å². The van der Waals surface area contributed by atoms with E-state index in [1.54, 1.807) is 32.2 Å². The summed E-state index contributed by atoms with van der Waals surface area (Å²) in [6.07, 6.45) is 2.45. The number of carbonyl (C=O) groups is 1. The van der Waals surface area contributed by atoms with E-state index in [2.05, 4.69) is 10.2 Å². The molecule has 0 aliphatic carbocycles. The highest BCUT2D eigenvalue weighted by Gasteiger charge is 2.41. The highest BCUT2D eigenvalue weighted by Crippen LogP contribution is 2.45. The maximum Gasteiger partial charge on any atom is 0.335 e. The number of H-pyrrole nitrogens is 1. The van der Waals surface area contributed by atoms with Crippen molar-refractivity contribution < 1.29 is 23.4 Å². The molecule has 4 aromatic rings. The summed E-state index contributed by atoms with van der Waals surface area (Å²) in [7, 11) is 0. The quantitative estimate of drug-likeness (QED) is 0.388. The van der Waals surface area contributed by atoms with E-state index in [-0.39, 0.29) is 24.3 Å². The topological polar surface area (TPSA) is 80.1 Å². The first-order chi connectivity index (χ1) is 16.1. The standard InChI is InChI=1S/C26H27F2N3O3/c1-13(2)24-20(15-7-8-26(4,25(32)33)34-12-15)21-19(10-16-11-29-30-23(16)22(21)28)31(24)17-5-6-18(27)14(3)9-17/h5-6,9-11,13,15H,7-8,12H2,1-4H3,(H,29,30)(H,32,33)/t15?,26-/m1/s1. The Kier molecular flexibility index (Phi) is 5.24. The first kappa shape index (κ1) is 22.5. The monoisotopic (exact) mass is 467 g/mol. The van der Waals surface area contributed by atoms with Crippen molar-refractivity contribution in [2.45, 2.75) is 58.0 Å². The first-order valence-electron chi connectivity index (χ1n) is 11.5. The van der Waals surface area contributed by atoms with Gasteiger partial charge in [0.05, 0.1) is 18.3 Å². The van der Waals surface area contributed by atoms with Crippen LogP contribution in [-0.4, -0.2) is 38.0 Å². The Bertz CT molecular complexity index is 1430. The Morgan fingerprint density at radius 1 is 1.32 bits per heavy atom. The van der Waals surface area contributed by atoms with E-state index < -0.39 is 17.4 Å². The molecule has 2 atom stereocenters. The minimum Gasteiger partial charge on any atom is -0.479 e. The summed E-state index contributed by atoms with van der Waals surface area (Å²) in [5, 5.41) is 17.5. The molecule has 0 spiro atoms. The summed E-state index contributed by atoms with van der Waals surface area (Å²) in [5.41, 5.74) is 2.70. The molecule has 2 N–H and O–H groups in total. The zero-order valence-electron chi connectivity index (χ0n) is 19.6. The third kappa shape index (κ3) is 3.31. The Labute approximate surface area is 195 Å². The fourth-order valence-electron chi connectivity index (χ4n) is 5.16. The van der Waals surface area contributed by atoms with Gasteiger partial charge in [0.15, 0.2) is 11.4 Å². The number of ether oxygens (including phenoxy) is 1. The van der Waals surface area contributed by atoms with Crippen molar-refractivity contribution >= 4 is 27.8 Å². The van der Waals surface area contributed by atoms with Crippen LogP contribution in [-0.2, 0) is 9.53 Å². The second kappa shape index (κ2) is 7.91. The largest absolute Gasteiger partial charge is 0.479 e. The number of aryl methyl sites for hydroxylation is 1. The molecule has 0 bridgehead atoms. The smallest absolute Gasteiger partial charge is 0.335 e. The summed E-state index contributed by atoms with van der Waals surface area (Å²) in [6.45, 7) is 7.54. The van der Waals surface area contributed by atoms with Crippen LogP contribution in [0.25, 0.3) is 27.5 Å².